The molecule has 6 nitrogen and oxygen atoms in total. The Kier molecular flexibility index (Phi) is 5.43. The second kappa shape index (κ2) is 7.23. The van der Waals surface area contributed by atoms with Crippen molar-refractivity contribution in [1.82, 2.24) is 9.80 Å². The molecule has 3 aliphatic heterocycles. The smallest absolute Gasteiger partial charge is 0.272 e. The van der Waals surface area contributed by atoms with Gasteiger partial charge in [-0.15, -0.1) is 0 Å². The fourth-order valence-corrected chi connectivity index (χ4v) is 4.56. The van der Waals surface area contributed by atoms with E-state index < -0.39 is 0 Å². The van der Waals surface area contributed by atoms with Crippen molar-refractivity contribution in [3.63, 3.8) is 0 Å². The molecule has 130 valence electrons. The minimum absolute atomic E-state index is 0. The van der Waals surface area contributed by atoms with Crippen molar-refractivity contribution in [2.45, 2.75) is 25.8 Å². The van der Waals surface area contributed by atoms with Crippen LogP contribution >= 0.6 is 22.6 Å². The number of hydrogen-bond acceptors (Lipinski definition) is 4. The number of carbonyl (C=O) groups is 1. The number of hydrogen-bond donors (Lipinski definition) is 1. The number of amides is 1. The number of allylic oxidation sites excluding steroid dienone is 2. The maximum Gasteiger partial charge on any atom is 0.272 e. The summed E-state index contributed by atoms with van der Waals surface area (Å²) >= 11 is 2.32. The van der Waals surface area contributed by atoms with Gasteiger partial charge in [0, 0.05) is 45.1 Å². The molecular formula is C16H21ClIN5O. The monoisotopic (exact) mass is 461 g/mol. The average Bonchev–Trinajstić information content (AvgIpc) is 2.84. The Hall–Kier alpha value is -0.770. The standard InChI is InChI=1S/C16H20IN5O.ClH/c1-11(23)20-4-6-21(7-5-20)13-8-12(9-13)15-14-10-18-2-3-22(14)16(17)19-15;/h2-3,10,12-13H,4-9H2,1H3;1H. The van der Waals surface area contributed by atoms with E-state index in [9.17, 15) is 4.79 Å². The maximum atomic E-state index is 11.4. The molecule has 0 spiro atoms. The highest BCUT2D eigenvalue weighted by molar-refractivity contribution is 14.1. The zero-order chi connectivity index (χ0) is 16.0. The Morgan fingerprint density at radius 1 is 1.29 bits per heavy atom. The second-order valence-corrected chi connectivity index (χ2v) is 7.60. The molecule has 0 bridgehead atoms. The number of nitrogens with zero attached hydrogens (tertiary/aromatic N) is 4. The summed E-state index contributed by atoms with van der Waals surface area (Å²) in [4.78, 5) is 26.2. The van der Waals surface area contributed by atoms with Crippen LogP contribution in [0.4, 0.5) is 0 Å². The van der Waals surface area contributed by atoms with Gasteiger partial charge in [-0.05, 0) is 12.8 Å². The van der Waals surface area contributed by atoms with E-state index in [2.05, 4.69) is 38.7 Å². The molecule has 4 rings (SSSR count). The highest BCUT2D eigenvalue weighted by Crippen LogP contribution is 2.39. The lowest BCUT2D eigenvalue weighted by atomic mass is 9.76. The fourth-order valence-electron chi connectivity index (χ4n) is 3.83. The van der Waals surface area contributed by atoms with E-state index >= 15 is 0 Å². The van der Waals surface area contributed by atoms with Gasteiger partial charge in [-0.2, -0.15) is 4.99 Å². The minimum atomic E-state index is 0. The van der Waals surface area contributed by atoms with Crippen LogP contribution in [-0.4, -0.2) is 58.0 Å². The summed E-state index contributed by atoms with van der Waals surface area (Å²) in [5.74, 6) is 0.756. The molecule has 24 heavy (non-hydrogen) atoms. The quantitative estimate of drug-likeness (QED) is 0.362. The number of amidine groups is 1. The summed E-state index contributed by atoms with van der Waals surface area (Å²) in [5.41, 5.74) is 2.46. The van der Waals surface area contributed by atoms with Crippen LogP contribution in [0.2, 0.25) is 0 Å². The van der Waals surface area contributed by atoms with Crippen LogP contribution in [0.5, 0.6) is 0 Å². The largest absolute Gasteiger partial charge is 1.00 e. The lowest BCUT2D eigenvalue weighted by Gasteiger charge is -2.46. The van der Waals surface area contributed by atoms with Gasteiger partial charge in [-0.3, -0.25) is 14.7 Å². The van der Waals surface area contributed by atoms with Crippen LogP contribution in [0.1, 0.15) is 19.8 Å². The van der Waals surface area contributed by atoms with Gasteiger partial charge in [0.1, 0.15) is 11.9 Å². The Bertz CT molecular complexity index is 645. The molecule has 0 aromatic rings. The molecule has 1 saturated heterocycles. The van der Waals surface area contributed by atoms with Crippen LogP contribution in [0.25, 0.3) is 0 Å². The first-order chi connectivity index (χ1) is 11.1. The van der Waals surface area contributed by atoms with Crippen molar-refractivity contribution < 1.29 is 22.1 Å². The highest BCUT2D eigenvalue weighted by Gasteiger charge is 2.42. The van der Waals surface area contributed by atoms with E-state index in [4.69, 9.17) is 4.99 Å². The second-order valence-electron chi connectivity index (χ2n) is 6.57. The molecule has 0 aromatic carbocycles. The van der Waals surface area contributed by atoms with Gasteiger partial charge in [0.25, 0.3) is 3.84 Å². The molecule has 3 heterocycles. The summed E-state index contributed by atoms with van der Waals surface area (Å²) in [5, 5.41) is 0. The maximum absolute atomic E-state index is 11.4. The zero-order valence-corrected chi connectivity index (χ0v) is 16.5. The van der Waals surface area contributed by atoms with Gasteiger partial charge in [0.2, 0.25) is 5.91 Å². The topological polar surface area (TPSA) is 52.7 Å². The van der Waals surface area contributed by atoms with Crippen LogP contribution < -0.4 is 17.3 Å². The first-order valence-electron chi connectivity index (χ1n) is 8.19. The lowest BCUT2D eigenvalue weighted by molar-refractivity contribution is -0.684. The molecule has 1 saturated carbocycles. The Morgan fingerprint density at radius 3 is 2.67 bits per heavy atom. The average molecular weight is 462 g/mol. The first kappa shape index (κ1) is 18.0. The Labute approximate surface area is 161 Å². The fraction of sp³-hybridized carbons (Fsp3) is 0.562. The van der Waals surface area contributed by atoms with E-state index in [0.29, 0.717) is 12.0 Å². The summed E-state index contributed by atoms with van der Waals surface area (Å²) in [6, 6.07) is 0.648. The van der Waals surface area contributed by atoms with E-state index in [1.54, 1.807) is 6.92 Å². The number of piperazine rings is 1. The van der Waals surface area contributed by atoms with Gasteiger partial charge in [-0.1, -0.05) is 0 Å². The third-order valence-corrected chi connectivity index (χ3v) is 6.14. The first-order valence-corrected chi connectivity index (χ1v) is 9.26. The minimum Gasteiger partial charge on any atom is -1.00 e. The third-order valence-electron chi connectivity index (χ3n) is 5.31. The van der Waals surface area contributed by atoms with Crippen molar-refractivity contribution in [3.05, 3.63) is 23.8 Å². The number of nitrogens with one attached hydrogen (secondary N) is 1. The zero-order valence-electron chi connectivity index (χ0n) is 13.6. The number of aliphatic imine (C=N–C) groups is 2. The lowest BCUT2D eigenvalue weighted by Crippen LogP contribution is -3.07. The molecule has 0 aromatic heterocycles. The van der Waals surface area contributed by atoms with E-state index in [-0.39, 0.29) is 18.3 Å². The van der Waals surface area contributed by atoms with Crippen molar-refractivity contribution >= 4 is 38.6 Å². The summed E-state index contributed by atoms with van der Waals surface area (Å²) in [6.07, 6.45) is 8.21. The normalized spacial score (nSPS) is 32.2. The molecule has 1 unspecified atom stereocenters. The molecule has 2 fully saturated rings. The SMILES string of the molecule is CC(=O)N1CCN(C2CC(C3=C4C=NC=C[NH+]4C(I)=N3)C2)CC1.[Cl-]. The van der Waals surface area contributed by atoms with E-state index in [0.717, 1.165) is 30.0 Å². The third kappa shape index (κ3) is 3.18. The van der Waals surface area contributed by atoms with Crippen LogP contribution in [0, 0.1) is 5.92 Å². The Balaban J connectivity index is 0.00000169. The number of rotatable bonds is 2. The molecule has 8 heteroatoms. The molecule has 0 radical (unpaired) electrons. The summed E-state index contributed by atoms with van der Waals surface area (Å²) in [6.45, 7) is 5.42. The van der Waals surface area contributed by atoms with Crippen molar-refractivity contribution in [2.24, 2.45) is 15.9 Å². The Morgan fingerprint density at radius 2 is 2.00 bits per heavy atom. The number of halogens is 2. The van der Waals surface area contributed by atoms with Gasteiger partial charge in [0.15, 0.2) is 5.70 Å². The molecule has 1 atom stereocenters. The number of quaternary nitrogens is 1. The van der Waals surface area contributed by atoms with Crippen molar-refractivity contribution in [1.29, 1.82) is 0 Å². The molecule has 1 N–H and O–H groups in total. The van der Waals surface area contributed by atoms with Crippen LogP contribution in [0.15, 0.2) is 33.8 Å². The molecule has 1 amide bonds. The molecule has 1 aliphatic carbocycles. The molecular weight excluding hydrogens is 441 g/mol. The van der Waals surface area contributed by atoms with E-state index in [1.807, 2.05) is 17.3 Å². The van der Waals surface area contributed by atoms with Crippen molar-refractivity contribution in [3.8, 4) is 0 Å². The highest BCUT2D eigenvalue weighted by atomic mass is 127. The number of carbonyl (C=O) groups excluding carboxylic acids is 1. The van der Waals surface area contributed by atoms with Crippen LogP contribution in [0.3, 0.4) is 0 Å². The van der Waals surface area contributed by atoms with Crippen molar-refractivity contribution in [2.75, 3.05) is 26.2 Å². The predicted octanol–water partition coefficient (Wildman–Crippen LogP) is -2.61. The van der Waals surface area contributed by atoms with Gasteiger partial charge in [-0.25, -0.2) is 4.90 Å². The number of fused-ring (bicyclic) bond motifs is 1. The van der Waals surface area contributed by atoms with Gasteiger partial charge >= 0.3 is 0 Å². The van der Waals surface area contributed by atoms with E-state index in [1.165, 1.54) is 29.1 Å². The molecule has 4 aliphatic rings. The summed E-state index contributed by atoms with van der Waals surface area (Å²) in [7, 11) is 0. The summed E-state index contributed by atoms with van der Waals surface area (Å²) < 4.78 is 1.09. The van der Waals surface area contributed by atoms with Gasteiger partial charge < -0.3 is 17.3 Å². The van der Waals surface area contributed by atoms with Crippen LogP contribution in [-0.2, 0) is 4.79 Å². The van der Waals surface area contributed by atoms with Gasteiger partial charge in [0.05, 0.1) is 35.0 Å². The predicted molar refractivity (Wildman–Crippen MR) is 97.4 cm³/mol.